The number of piperidine rings is 1. The Bertz CT molecular complexity index is 340. The summed E-state index contributed by atoms with van der Waals surface area (Å²) < 4.78 is 33.1. The second-order valence-corrected chi connectivity index (χ2v) is 6.98. The highest BCUT2D eigenvalue weighted by Crippen LogP contribution is 2.18. The van der Waals surface area contributed by atoms with Crippen LogP contribution in [0.4, 0.5) is 0 Å². The predicted molar refractivity (Wildman–Crippen MR) is 76.1 cm³/mol. The Morgan fingerprint density at radius 1 is 1.37 bits per heavy atom. The standard InChI is InChI=1S/C12H27N3O3S/c1-3-8-14(2)19(16,17)15-9-5-12(6-10-15)18-11-4-7-13/h12H,3-11,13H2,1-2H3. The van der Waals surface area contributed by atoms with E-state index in [4.69, 9.17) is 10.5 Å². The first-order chi connectivity index (χ1) is 9.02. The molecular weight excluding hydrogens is 266 g/mol. The van der Waals surface area contributed by atoms with Crippen LogP contribution in [0.2, 0.25) is 0 Å². The second-order valence-electron chi connectivity index (χ2n) is 4.94. The molecule has 7 heteroatoms. The van der Waals surface area contributed by atoms with Crippen molar-refractivity contribution in [3.63, 3.8) is 0 Å². The van der Waals surface area contributed by atoms with Crippen molar-refractivity contribution in [1.29, 1.82) is 0 Å². The maximum Gasteiger partial charge on any atom is 0.281 e. The Morgan fingerprint density at radius 2 is 2.00 bits per heavy atom. The first-order valence-electron chi connectivity index (χ1n) is 7.05. The quantitative estimate of drug-likeness (QED) is 0.657. The summed E-state index contributed by atoms with van der Waals surface area (Å²) in [6.07, 6.45) is 3.40. The Balaban J connectivity index is 2.40. The molecule has 114 valence electrons. The van der Waals surface area contributed by atoms with E-state index < -0.39 is 10.2 Å². The normalized spacial score (nSPS) is 19.2. The van der Waals surface area contributed by atoms with Crippen molar-refractivity contribution in [2.24, 2.45) is 5.73 Å². The topological polar surface area (TPSA) is 75.9 Å². The minimum Gasteiger partial charge on any atom is -0.378 e. The lowest BCUT2D eigenvalue weighted by molar-refractivity contribution is 0.0202. The van der Waals surface area contributed by atoms with Gasteiger partial charge in [0.25, 0.3) is 10.2 Å². The zero-order valence-corrected chi connectivity index (χ0v) is 12.9. The van der Waals surface area contributed by atoms with Crippen LogP contribution >= 0.6 is 0 Å². The van der Waals surface area contributed by atoms with Crippen molar-refractivity contribution in [3.8, 4) is 0 Å². The summed E-state index contributed by atoms with van der Waals surface area (Å²) in [5, 5.41) is 0. The molecule has 1 aliphatic heterocycles. The Kier molecular flexibility index (Phi) is 7.23. The van der Waals surface area contributed by atoms with Gasteiger partial charge in [0, 0.05) is 33.3 Å². The number of hydrogen-bond acceptors (Lipinski definition) is 4. The van der Waals surface area contributed by atoms with E-state index in [1.165, 1.54) is 4.31 Å². The van der Waals surface area contributed by atoms with Crippen LogP contribution < -0.4 is 5.73 Å². The lowest BCUT2D eigenvalue weighted by atomic mass is 10.1. The van der Waals surface area contributed by atoms with E-state index in [9.17, 15) is 8.42 Å². The van der Waals surface area contributed by atoms with Crippen LogP contribution in [0.25, 0.3) is 0 Å². The molecule has 1 fully saturated rings. The molecule has 1 rings (SSSR count). The van der Waals surface area contributed by atoms with Crippen molar-refractivity contribution >= 4 is 10.2 Å². The fourth-order valence-corrected chi connectivity index (χ4v) is 3.67. The molecule has 0 amide bonds. The number of ether oxygens (including phenoxy) is 1. The van der Waals surface area contributed by atoms with Crippen LogP contribution in [0.15, 0.2) is 0 Å². The molecule has 1 aliphatic rings. The summed E-state index contributed by atoms with van der Waals surface area (Å²) >= 11 is 0. The summed E-state index contributed by atoms with van der Waals surface area (Å²) in [5.74, 6) is 0. The molecular formula is C12H27N3O3S. The molecule has 0 aliphatic carbocycles. The van der Waals surface area contributed by atoms with Crippen molar-refractivity contribution in [2.45, 2.75) is 38.7 Å². The Hall–Kier alpha value is -0.210. The van der Waals surface area contributed by atoms with Gasteiger partial charge in [-0.25, -0.2) is 0 Å². The fraction of sp³-hybridized carbons (Fsp3) is 1.00. The number of hydrogen-bond donors (Lipinski definition) is 1. The van der Waals surface area contributed by atoms with Crippen LogP contribution in [0, 0.1) is 0 Å². The summed E-state index contributed by atoms with van der Waals surface area (Å²) in [5.41, 5.74) is 5.41. The summed E-state index contributed by atoms with van der Waals surface area (Å²) in [4.78, 5) is 0. The lowest BCUT2D eigenvalue weighted by Crippen LogP contribution is -2.47. The fourth-order valence-electron chi connectivity index (χ4n) is 2.19. The third kappa shape index (κ3) is 5.00. The van der Waals surface area contributed by atoms with Gasteiger partial charge >= 0.3 is 0 Å². The van der Waals surface area contributed by atoms with Crippen LogP contribution in [-0.4, -0.2) is 63.0 Å². The van der Waals surface area contributed by atoms with Gasteiger partial charge in [-0.15, -0.1) is 0 Å². The highest BCUT2D eigenvalue weighted by molar-refractivity contribution is 7.86. The minimum absolute atomic E-state index is 0.175. The molecule has 0 unspecified atom stereocenters. The molecule has 0 aromatic heterocycles. The van der Waals surface area contributed by atoms with Gasteiger partial charge in [-0.05, 0) is 32.2 Å². The van der Waals surface area contributed by atoms with E-state index in [0.29, 0.717) is 32.8 Å². The van der Waals surface area contributed by atoms with Gasteiger partial charge in [-0.2, -0.15) is 17.0 Å². The number of rotatable bonds is 8. The molecule has 0 bridgehead atoms. The zero-order chi connectivity index (χ0) is 14.3. The molecule has 0 atom stereocenters. The van der Waals surface area contributed by atoms with E-state index >= 15 is 0 Å². The maximum atomic E-state index is 12.2. The second kappa shape index (κ2) is 8.16. The van der Waals surface area contributed by atoms with E-state index in [1.807, 2.05) is 6.92 Å². The van der Waals surface area contributed by atoms with E-state index in [1.54, 1.807) is 11.4 Å². The molecule has 6 nitrogen and oxygen atoms in total. The SMILES string of the molecule is CCCN(C)S(=O)(=O)N1CCC(OCCCN)CC1. The van der Waals surface area contributed by atoms with Gasteiger partial charge in [-0.1, -0.05) is 6.92 Å². The predicted octanol–water partition coefficient (Wildman–Crippen LogP) is 0.403. The third-order valence-corrected chi connectivity index (χ3v) is 5.35. The molecule has 0 spiro atoms. The third-order valence-electron chi connectivity index (χ3n) is 3.36. The van der Waals surface area contributed by atoms with Crippen molar-refractivity contribution in [3.05, 3.63) is 0 Å². The highest BCUT2D eigenvalue weighted by atomic mass is 32.2. The number of nitrogens with zero attached hydrogens (tertiary/aromatic N) is 2. The van der Waals surface area contributed by atoms with Gasteiger partial charge in [0.1, 0.15) is 0 Å². The molecule has 19 heavy (non-hydrogen) atoms. The van der Waals surface area contributed by atoms with Gasteiger partial charge in [0.05, 0.1) is 6.10 Å². The first kappa shape index (κ1) is 16.8. The zero-order valence-electron chi connectivity index (χ0n) is 12.0. The largest absolute Gasteiger partial charge is 0.378 e. The average Bonchev–Trinajstić information content (AvgIpc) is 2.40. The van der Waals surface area contributed by atoms with Crippen LogP contribution in [0.3, 0.4) is 0 Å². The highest BCUT2D eigenvalue weighted by Gasteiger charge is 2.30. The monoisotopic (exact) mass is 293 g/mol. The first-order valence-corrected chi connectivity index (χ1v) is 8.45. The van der Waals surface area contributed by atoms with Crippen molar-refractivity contribution in [1.82, 2.24) is 8.61 Å². The van der Waals surface area contributed by atoms with Gasteiger partial charge < -0.3 is 10.5 Å². The Morgan fingerprint density at radius 3 is 2.53 bits per heavy atom. The average molecular weight is 293 g/mol. The molecule has 1 heterocycles. The maximum absolute atomic E-state index is 12.2. The van der Waals surface area contributed by atoms with Crippen LogP contribution in [0.5, 0.6) is 0 Å². The molecule has 0 radical (unpaired) electrons. The lowest BCUT2D eigenvalue weighted by Gasteiger charge is -2.33. The van der Waals surface area contributed by atoms with E-state index in [0.717, 1.165) is 25.7 Å². The molecule has 2 N–H and O–H groups in total. The molecule has 0 saturated carbocycles. The summed E-state index contributed by atoms with van der Waals surface area (Å²) in [7, 11) is -1.64. The Labute approximate surface area is 117 Å². The van der Waals surface area contributed by atoms with Crippen LogP contribution in [-0.2, 0) is 14.9 Å². The minimum atomic E-state index is -3.28. The van der Waals surface area contributed by atoms with Crippen LogP contribution in [0.1, 0.15) is 32.6 Å². The van der Waals surface area contributed by atoms with Gasteiger partial charge in [0.15, 0.2) is 0 Å². The molecule has 0 aromatic rings. The van der Waals surface area contributed by atoms with Crippen molar-refractivity contribution < 1.29 is 13.2 Å². The number of nitrogens with two attached hydrogens (primary N) is 1. The smallest absolute Gasteiger partial charge is 0.281 e. The van der Waals surface area contributed by atoms with E-state index in [-0.39, 0.29) is 6.10 Å². The van der Waals surface area contributed by atoms with Gasteiger partial charge in [0.2, 0.25) is 0 Å². The molecule has 1 saturated heterocycles. The summed E-state index contributed by atoms with van der Waals surface area (Å²) in [6, 6.07) is 0. The summed E-state index contributed by atoms with van der Waals surface area (Å²) in [6.45, 7) is 4.94. The van der Waals surface area contributed by atoms with Gasteiger partial charge in [-0.3, -0.25) is 0 Å². The molecule has 0 aromatic carbocycles. The van der Waals surface area contributed by atoms with E-state index in [2.05, 4.69) is 0 Å². The van der Waals surface area contributed by atoms with Crippen molar-refractivity contribution in [2.75, 3.05) is 39.8 Å².